The van der Waals surface area contributed by atoms with E-state index in [1.165, 1.54) is 4.80 Å². The van der Waals surface area contributed by atoms with Crippen molar-refractivity contribution in [3.05, 3.63) is 39.6 Å². The lowest BCUT2D eigenvalue weighted by molar-refractivity contribution is 0.0683. The number of halogens is 2. The Morgan fingerprint density at radius 2 is 2.12 bits per heavy atom. The van der Waals surface area contributed by atoms with Crippen LogP contribution in [-0.2, 0) is 6.54 Å². The van der Waals surface area contributed by atoms with Crippen LogP contribution in [0.25, 0.3) is 0 Å². The first-order valence-corrected chi connectivity index (χ1v) is 5.27. The van der Waals surface area contributed by atoms with Gasteiger partial charge in [0.05, 0.1) is 16.6 Å². The van der Waals surface area contributed by atoms with Gasteiger partial charge >= 0.3 is 5.97 Å². The Kier molecular flexibility index (Phi) is 3.26. The fraction of sp³-hybridized carbons (Fsp3) is 0.111. The van der Waals surface area contributed by atoms with Crippen LogP contribution in [0.2, 0.25) is 10.0 Å². The number of carboxylic acids is 1. The maximum atomic E-state index is 10.5. The first-order valence-electron chi connectivity index (χ1n) is 4.51. The van der Waals surface area contributed by atoms with Crippen LogP contribution in [0.15, 0.2) is 18.2 Å². The van der Waals surface area contributed by atoms with E-state index in [4.69, 9.17) is 28.3 Å². The Morgan fingerprint density at radius 3 is 2.71 bits per heavy atom. The van der Waals surface area contributed by atoms with Crippen molar-refractivity contribution in [2.75, 3.05) is 0 Å². The minimum atomic E-state index is -1.22. The lowest BCUT2D eigenvalue weighted by Crippen LogP contribution is -2.05. The second-order valence-electron chi connectivity index (χ2n) is 3.20. The summed E-state index contributed by atoms with van der Waals surface area (Å²) in [6, 6.07) is 5.06. The first-order chi connectivity index (χ1) is 8.06. The van der Waals surface area contributed by atoms with Crippen LogP contribution in [0, 0.1) is 0 Å². The third kappa shape index (κ3) is 2.72. The summed E-state index contributed by atoms with van der Waals surface area (Å²) in [5.41, 5.74) is 0.800. The molecule has 0 saturated heterocycles. The number of aromatic nitrogens is 4. The Hall–Kier alpha value is -1.66. The zero-order valence-electron chi connectivity index (χ0n) is 8.34. The second-order valence-corrected chi connectivity index (χ2v) is 4.01. The third-order valence-electron chi connectivity index (χ3n) is 1.95. The molecule has 2 aromatic rings. The van der Waals surface area contributed by atoms with Gasteiger partial charge in [0.25, 0.3) is 5.82 Å². The molecular weight excluding hydrogens is 267 g/mol. The van der Waals surface area contributed by atoms with Gasteiger partial charge in [-0.25, -0.2) is 4.79 Å². The largest absolute Gasteiger partial charge is 0.475 e. The first kappa shape index (κ1) is 11.8. The van der Waals surface area contributed by atoms with Crippen molar-refractivity contribution in [1.29, 1.82) is 0 Å². The number of rotatable bonds is 3. The lowest BCUT2D eigenvalue weighted by Gasteiger charge is -2.01. The molecule has 2 rings (SSSR count). The highest BCUT2D eigenvalue weighted by atomic mass is 35.5. The van der Waals surface area contributed by atoms with Crippen LogP contribution in [-0.4, -0.2) is 31.3 Å². The summed E-state index contributed by atoms with van der Waals surface area (Å²) < 4.78 is 0. The molecule has 0 spiro atoms. The highest BCUT2D eigenvalue weighted by Crippen LogP contribution is 2.22. The smallest absolute Gasteiger partial charge is 0.377 e. The van der Waals surface area contributed by atoms with E-state index in [0.29, 0.717) is 10.0 Å². The molecule has 0 unspecified atom stereocenters. The molecule has 1 aromatic heterocycles. The van der Waals surface area contributed by atoms with Crippen molar-refractivity contribution in [1.82, 2.24) is 20.2 Å². The number of nitrogens with zero attached hydrogens (tertiary/aromatic N) is 4. The molecular formula is C9H6Cl2N4O2. The van der Waals surface area contributed by atoms with Crippen LogP contribution >= 0.6 is 23.2 Å². The minimum Gasteiger partial charge on any atom is -0.475 e. The summed E-state index contributed by atoms with van der Waals surface area (Å²) >= 11 is 11.6. The standard InChI is InChI=1S/C9H6Cl2N4O2/c10-6-2-1-5(3-7(6)11)4-15-13-8(9(16)17)12-14-15/h1-3H,4H2,(H,16,17). The summed E-state index contributed by atoms with van der Waals surface area (Å²) in [6.07, 6.45) is 0. The van der Waals surface area contributed by atoms with Crippen molar-refractivity contribution in [3.8, 4) is 0 Å². The van der Waals surface area contributed by atoms with Gasteiger partial charge in [0.15, 0.2) is 0 Å². The van der Waals surface area contributed by atoms with Crippen molar-refractivity contribution in [2.45, 2.75) is 6.54 Å². The average Bonchev–Trinajstić information content (AvgIpc) is 2.72. The molecule has 88 valence electrons. The second kappa shape index (κ2) is 4.68. The molecule has 1 heterocycles. The van der Waals surface area contributed by atoms with E-state index >= 15 is 0 Å². The molecule has 6 nitrogen and oxygen atoms in total. The van der Waals surface area contributed by atoms with Gasteiger partial charge < -0.3 is 5.11 Å². The number of aromatic carboxylic acids is 1. The summed E-state index contributed by atoms with van der Waals surface area (Å²) in [7, 11) is 0. The van der Waals surface area contributed by atoms with E-state index < -0.39 is 5.97 Å². The monoisotopic (exact) mass is 272 g/mol. The Labute approximate surface area is 106 Å². The number of hydrogen-bond acceptors (Lipinski definition) is 4. The molecule has 0 aliphatic heterocycles. The van der Waals surface area contributed by atoms with E-state index in [2.05, 4.69) is 15.4 Å². The maximum Gasteiger partial charge on any atom is 0.377 e. The summed E-state index contributed by atoms with van der Waals surface area (Å²) in [6.45, 7) is 0.275. The molecule has 0 aliphatic carbocycles. The van der Waals surface area contributed by atoms with Gasteiger partial charge in [0.1, 0.15) is 0 Å². The van der Waals surface area contributed by atoms with E-state index in [-0.39, 0.29) is 12.4 Å². The lowest BCUT2D eigenvalue weighted by atomic mass is 10.2. The normalized spacial score (nSPS) is 10.5. The predicted octanol–water partition coefficient (Wildman–Crippen LogP) is 1.73. The van der Waals surface area contributed by atoms with Gasteiger partial charge in [-0.3, -0.25) is 0 Å². The maximum absolute atomic E-state index is 10.5. The molecule has 1 N–H and O–H groups in total. The molecule has 8 heteroatoms. The van der Waals surface area contributed by atoms with E-state index in [0.717, 1.165) is 5.56 Å². The van der Waals surface area contributed by atoms with Gasteiger partial charge in [-0.05, 0) is 22.9 Å². The fourth-order valence-electron chi connectivity index (χ4n) is 1.20. The van der Waals surface area contributed by atoms with Gasteiger partial charge in [-0.15, -0.1) is 10.2 Å². The van der Waals surface area contributed by atoms with Gasteiger partial charge in [0, 0.05) is 0 Å². The molecule has 0 amide bonds. The number of hydrogen-bond donors (Lipinski definition) is 1. The highest BCUT2D eigenvalue weighted by molar-refractivity contribution is 6.42. The topological polar surface area (TPSA) is 80.9 Å². The molecule has 0 atom stereocenters. The van der Waals surface area contributed by atoms with Crippen LogP contribution in [0.1, 0.15) is 16.2 Å². The molecule has 0 aliphatic rings. The fourth-order valence-corrected chi connectivity index (χ4v) is 1.52. The SMILES string of the molecule is O=C(O)c1nnn(Cc2ccc(Cl)c(Cl)c2)n1. The number of tetrazole rings is 1. The van der Waals surface area contributed by atoms with E-state index in [1.54, 1.807) is 18.2 Å². The summed E-state index contributed by atoms with van der Waals surface area (Å²) in [4.78, 5) is 11.7. The number of carboxylic acid groups (broad SMARTS) is 1. The van der Waals surface area contributed by atoms with Crippen molar-refractivity contribution >= 4 is 29.2 Å². The molecule has 0 fully saturated rings. The zero-order valence-corrected chi connectivity index (χ0v) is 9.85. The Morgan fingerprint density at radius 1 is 1.35 bits per heavy atom. The predicted molar refractivity (Wildman–Crippen MR) is 60.3 cm³/mol. The molecule has 0 saturated carbocycles. The summed E-state index contributed by atoms with van der Waals surface area (Å²) in [5, 5.41) is 20.2. The van der Waals surface area contributed by atoms with Gasteiger partial charge in [0.2, 0.25) is 0 Å². The molecule has 17 heavy (non-hydrogen) atoms. The summed E-state index contributed by atoms with van der Waals surface area (Å²) in [5.74, 6) is -1.56. The van der Waals surface area contributed by atoms with Crippen molar-refractivity contribution in [3.63, 3.8) is 0 Å². The zero-order chi connectivity index (χ0) is 12.4. The van der Waals surface area contributed by atoms with Crippen molar-refractivity contribution in [2.24, 2.45) is 0 Å². The van der Waals surface area contributed by atoms with E-state index in [1.807, 2.05) is 0 Å². The van der Waals surface area contributed by atoms with Crippen LogP contribution < -0.4 is 0 Å². The number of carbonyl (C=O) groups is 1. The van der Waals surface area contributed by atoms with Gasteiger partial charge in [-0.1, -0.05) is 29.3 Å². The van der Waals surface area contributed by atoms with Gasteiger partial charge in [-0.2, -0.15) is 4.80 Å². The van der Waals surface area contributed by atoms with Crippen LogP contribution in [0.5, 0.6) is 0 Å². The molecule has 0 radical (unpaired) electrons. The Bertz CT molecular complexity index is 570. The van der Waals surface area contributed by atoms with E-state index in [9.17, 15) is 4.79 Å². The van der Waals surface area contributed by atoms with Crippen molar-refractivity contribution < 1.29 is 9.90 Å². The Balaban J connectivity index is 2.19. The number of benzene rings is 1. The third-order valence-corrected chi connectivity index (χ3v) is 2.69. The minimum absolute atomic E-state index is 0.275. The molecule has 0 bridgehead atoms. The molecule has 1 aromatic carbocycles. The average molecular weight is 273 g/mol. The van der Waals surface area contributed by atoms with Crippen LogP contribution in [0.4, 0.5) is 0 Å². The van der Waals surface area contributed by atoms with Crippen LogP contribution in [0.3, 0.4) is 0 Å². The quantitative estimate of drug-likeness (QED) is 0.920. The highest BCUT2D eigenvalue weighted by Gasteiger charge is 2.10.